The fourth-order valence-electron chi connectivity index (χ4n) is 1.60. The first-order valence-corrected chi connectivity index (χ1v) is 5.25. The molecule has 5 heteroatoms. The van der Waals surface area contributed by atoms with Crippen LogP contribution in [0.25, 0.3) is 0 Å². The van der Waals surface area contributed by atoms with Crippen molar-refractivity contribution in [2.24, 2.45) is 0 Å². The zero-order valence-electron chi connectivity index (χ0n) is 8.81. The van der Waals surface area contributed by atoms with Gasteiger partial charge in [-0.1, -0.05) is 23.7 Å². The summed E-state index contributed by atoms with van der Waals surface area (Å²) in [5.74, 6) is -0.164. The second-order valence-electron chi connectivity index (χ2n) is 3.74. The van der Waals surface area contributed by atoms with Gasteiger partial charge in [-0.25, -0.2) is 4.79 Å². The first-order valence-electron chi connectivity index (χ1n) is 4.88. The van der Waals surface area contributed by atoms with E-state index >= 15 is 0 Å². The number of carbonyl (C=O) groups is 2. The average Bonchev–Trinajstić information content (AvgIpc) is 2.48. The summed E-state index contributed by atoms with van der Waals surface area (Å²) in [5.41, 5.74) is 0.890. The maximum absolute atomic E-state index is 11.6. The zero-order chi connectivity index (χ0) is 11.7. The smallest absolute Gasteiger partial charge is 0.318 e. The van der Waals surface area contributed by atoms with Gasteiger partial charge in [-0.2, -0.15) is 0 Å². The topological polar surface area (TPSA) is 40.6 Å². The Labute approximate surface area is 98.4 Å². The van der Waals surface area contributed by atoms with Crippen LogP contribution in [0.2, 0.25) is 5.02 Å². The highest BCUT2D eigenvalue weighted by Gasteiger charge is 2.33. The molecule has 2 rings (SSSR count). The molecule has 3 amide bonds. The van der Waals surface area contributed by atoms with Gasteiger partial charge in [-0.3, -0.25) is 9.69 Å². The minimum Gasteiger partial charge on any atom is -0.318 e. The normalized spacial score (nSPS) is 16.1. The molecule has 4 nitrogen and oxygen atoms in total. The number of likely N-dealkylation sites (N-methyl/N-ethyl adjacent to an activating group) is 1. The van der Waals surface area contributed by atoms with Crippen LogP contribution in [-0.4, -0.2) is 35.3 Å². The maximum atomic E-state index is 11.6. The third kappa shape index (κ3) is 2.02. The van der Waals surface area contributed by atoms with Gasteiger partial charge in [0.05, 0.1) is 6.54 Å². The van der Waals surface area contributed by atoms with E-state index in [0.29, 0.717) is 11.6 Å². The van der Waals surface area contributed by atoms with E-state index in [2.05, 4.69) is 0 Å². The van der Waals surface area contributed by atoms with Crippen LogP contribution >= 0.6 is 11.6 Å². The molecule has 0 radical (unpaired) electrons. The fraction of sp³-hybridized carbons (Fsp3) is 0.273. The van der Waals surface area contributed by atoms with E-state index in [1.165, 1.54) is 9.80 Å². The van der Waals surface area contributed by atoms with Crippen LogP contribution < -0.4 is 0 Å². The molecule has 1 aliphatic heterocycles. The predicted octanol–water partition coefficient (Wildman–Crippen LogP) is 1.73. The lowest BCUT2D eigenvalue weighted by molar-refractivity contribution is -0.125. The molecule has 0 saturated carbocycles. The third-order valence-corrected chi connectivity index (χ3v) is 2.74. The van der Waals surface area contributed by atoms with Crippen molar-refractivity contribution in [1.82, 2.24) is 9.80 Å². The summed E-state index contributed by atoms with van der Waals surface area (Å²) in [6, 6.07) is 6.85. The van der Waals surface area contributed by atoms with Crippen LogP contribution in [0.4, 0.5) is 4.79 Å². The number of rotatable bonds is 2. The lowest BCUT2D eigenvalue weighted by atomic mass is 10.2. The van der Waals surface area contributed by atoms with Gasteiger partial charge in [0.2, 0.25) is 0 Å². The van der Waals surface area contributed by atoms with Gasteiger partial charge in [0.25, 0.3) is 5.91 Å². The van der Waals surface area contributed by atoms with E-state index in [0.717, 1.165) is 5.56 Å². The lowest BCUT2D eigenvalue weighted by Crippen LogP contribution is -2.30. The van der Waals surface area contributed by atoms with Crippen LogP contribution in [-0.2, 0) is 11.3 Å². The predicted molar refractivity (Wildman–Crippen MR) is 60.0 cm³/mol. The standard InChI is InChI=1S/C11H11ClN2O2/c1-13-7-10(15)14(11(13)16)6-8-2-4-9(12)5-3-8/h2-5H,6-7H2,1H3. The van der Waals surface area contributed by atoms with E-state index in [9.17, 15) is 9.59 Å². The van der Waals surface area contributed by atoms with Crippen molar-refractivity contribution >= 4 is 23.5 Å². The number of urea groups is 1. The van der Waals surface area contributed by atoms with E-state index in [1.807, 2.05) is 0 Å². The second-order valence-corrected chi connectivity index (χ2v) is 4.18. The Balaban J connectivity index is 2.13. The highest BCUT2D eigenvalue weighted by molar-refractivity contribution is 6.30. The maximum Gasteiger partial charge on any atom is 0.327 e. The highest BCUT2D eigenvalue weighted by atomic mass is 35.5. The third-order valence-electron chi connectivity index (χ3n) is 2.48. The molecule has 1 saturated heterocycles. The Kier molecular flexibility index (Phi) is 2.83. The number of hydrogen-bond donors (Lipinski definition) is 0. The summed E-state index contributed by atoms with van der Waals surface area (Å²) in [5, 5.41) is 0.639. The zero-order valence-corrected chi connectivity index (χ0v) is 9.57. The summed E-state index contributed by atoms with van der Waals surface area (Å²) >= 11 is 5.75. The molecule has 1 heterocycles. The van der Waals surface area contributed by atoms with Crippen LogP contribution in [0.1, 0.15) is 5.56 Å². The Hall–Kier alpha value is -1.55. The van der Waals surface area contributed by atoms with Crippen molar-refractivity contribution < 1.29 is 9.59 Å². The molecule has 0 unspecified atom stereocenters. The number of imide groups is 1. The lowest BCUT2D eigenvalue weighted by Gasteiger charge is -2.13. The Bertz CT molecular complexity index is 430. The number of nitrogens with zero attached hydrogens (tertiary/aromatic N) is 2. The van der Waals surface area contributed by atoms with E-state index < -0.39 is 0 Å². The molecule has 16 heavy (non-hydrogen) atoms. The molecular formula is C11H11ClN2O2. The van der Waals surface area contributed by atoms with E-state index in [1.54, 1.807) is 31.3 Å². The molecule has 0 N–H and O–H groups in total. The summed E-state index contributed by atoms with van der Waals surface area (Å²) in [4.78, 5) is 25.7. The number of halogens is 1. The average molecular weight is 239 g/mol. The van der Waals surface area contributed by atoms with E-state index in [-0.39, 0.29) is 18.5 Å². The molecule has 1 aliphatic rings. The summed E-state index contributed by atoms with van der Waals surface area (Å²) in [6.45, 7) is 0.464. The molecule has 84 valence electrons. The van der Waals surface area contributed by atoms with Crippen molar-refractivity contribution in [3.05, 3.63) is 34.9 Å². The Morgan fingerprint density at radius 3 is 2.38 bits per heavy atom. The van der Waals surface area contributed by atoms with Gasteiger partial charge in [0.1, 0.15) is 6.54 Å². The number of amides is 3. The Morgan fingerprint density at radius 2 is 1.88 bits per heavy atom. The Morgan fingerprint density at radius 1 is 1.25 bits per heavy atom. The second kappa shape index (κ2) is 4.14. The van der Waals surface area contributed by atoms with Gasteiger partial charge in [0.15, 0.2) is 0 Å². The van der Waals surface area contributed by atoms with Gasteiger partial charge < -0.3 is 4.90 Å². The molecule has 1 aromatic carbocycles. The van der Waals surface area contributed by atoms with Gasteiger partial charge in [-0.15, -0.1) is 0 Å². The van der Waals surface area contributed by atoms with Gasteiger partial charge in [0, 0.05) is 12.1 Å². The summed E-state index contributed by atoms with van der Waals surface area (Å²) < 4.78 is 0. The van der Waals surface area contributed by atoms with Crippen molar-refractivity contribution in [2.45, 2.75) is 6.54 Å². The van der Waals surface area contributed by atoms with Crippen LogP contribution in [0, 0.1) is 0 Å². The summed E-state index contributed by atoms with van der Waals surface area (Å²) in [6.07, 6.45) is 0. The first kappa shape index (κ1) is 11.0. The van der Waals surface area contributed by atoms with Crippen molar-refractivity contribution in [2.75, 3.05) is 13.6 Å². The molecule has 0 aliphatic carbocycles. The van der Waals surface area contributed by atoms with Crippen molar-refractivity contribution in [3.8, 4) is 0 Å². The molecule has 0 aromatic heterocycles. The van der Waals surface area contributed by atoms with Crippen LogP contribution in [0.3, 0.4) is 0 Å². The number of hydrogen-bond acceptors (Lipinski definition) is 2. The molecule has 0 atom stereocenters. The van der Waals surface area contributed by atoms with Crippen LogP contribution in [0.5, 0.6) is 0 Å². The van der Waals surface area contributed by atoms with Crippen molar-refractivity contribution in [1.29, 1.82) is 0 Å². The SMILES string of the molecule is CN1CC(=O)N(Cc2ccc(Cl)cc2)C1=O. The fourth-order valence-corrected chi connectivity index (χ4v) is 1.72. The molecular weight excluding hydrogens is 228 g/mol. The minimum atomic E-state index is -0.250. The first-order chi connectivity index (χ1) is 7.58. The molecule has 1 aromatic rings. The largest absolute Gasteiger partial charge is 0.327 e. The monoisotopic (exact) mass is 238 g/mol. The molecule has 0 bridgehead atoms. The number of benzene rings is 1. The van der Waals surface area contributed by atoms with E-state index in [4.69, 9.17) is 11.6 Å². The molecule has 1 fully saturated rings. The minimum absolute atomic E-state index is 0.159. The number of carbonyl (C=O) groups excluding carboxylic acids is 2. The summed E-state index contributed by atoms with van der Waals surface area (Å²) in [7, 11) is 1.61. The van der Waals surface area contributed by atoms with Crippen LogP contribution in [0.15, 0.2) is 24.3 Å². The highest BCUT2D eigenvalue weighted by Crippen LogP contribution is 2.15. The van der Waals surface area contributed by atoms with Gasteiger partial charge >= 0.3 is 6.03 Å². The van der Waals surface area contributed by atoms with Crippen molar-refractivity contribution in [3.63, 3.8) is 0 Å². The molecule has 0 spiro atoms. The van der Waals surface area contributed by atoms with Gasteiger partial charge in [-0.05, 0) is 17.7 Å². The quantitative estimate of drug-likeness (QED) is 0.737.